The summed E-state index contributed by atoms with van der Waals surface area (Å²) in [4.78, 5) is 3.73. The number of hydrogen-bond acceptors (Lipinski definition) is 4. The van der Waals surface area contributed by atoms with Gasteiger partial charge < -0.3 is 8.75 Å². The second kappa shape index (κ2) is 7.11. The van der Waals surface area contributed by atoms with Gasteiger partial charge in [0.1, 0.15) is 5.75 Å². The Morgan fingerprint density at radius 3 is 1.90 bits per heavy atom. The van der Waals surface area contributed by atoms with Gasteiger partial charge in [-0.2, -0.15) is 47.9 Å². The Balaban J connectivity index is 2.27. The average Bonchev–Trinajstić information content (AvgIpc) is 3.08. The van der Waals surface area contributed by atoms with Crippen LogP contribution in [-0.2, 0) is 16.7 Å². The molecule has 162 valence electrons. The van der Waals surface area contributed by atoms with Crippen molar-refractivity contribution in [3.8, 4) is 5.75 Å². The first-order valence-electron chi connectivity index (χ1n) is 7.22. The molecule has 0 spiro atoms. The fourth-order valence-corrected chi connectivity index (χ4v) is 2.85. The van der Waals surface area contributed by atoms with Crippen LogP contribution in [0.2, 0.25) is 0 Å². The quantitative estimate of drug-likeness (QED) is 0.466. The highest BCUT2D eigenvalue weighted by Crippen LogP contribution is 2.54. The molecule has 1 aromatic carbocycles. The third kappa shape index (κ3) is 4.00. The van der Waals surface area contributed by atoms with E-state index >= 15 is 0 Å². The average molecular weight is 456 g/mol. The minimum atomic E-state index is -7.35. The van der Waals surface area contributed by atoms with E-state index in [4.69, 9.17) is 0 Å². The topological polar surface area (TPSA) is 61.2 Å². The van der Waals surface area contributed by atoms with E-state index in [2.05, 4.69) is 9.17 Å². The number of aromatic nitrogens is 2. The van der Waals surface area contributed by atoms with Crippen molar-refractivity contribution in [1.82, 2.24) is 9.55 Å². The Morgan fingerprint density at radius 2 is 1.45 bits per heavy atom. The first-order valence-corrected chi connectivity index (χ1v) is 8.62. The highest BCUT2D eigenvalue weighted by Gasteiger charge is 2.86. The van der Waals surface area contributed by atoms with Crippen molar-refractivity contribution in [3.63, 3.8) is 0 Å². The Kier molecular flexibility index (Phi) is 5.60. The van der Waals surface area contributed by atoms with Gasteiger partial charge in [0.05, 0.1) is 6.33 Å². The van der Waals surface area contributed by atoms with Crippen LogP contribution in [0.5, 0.6) is 5.75 Å². The van der Waals surface area contributed by atoms with Gasteiger partial charge in [-0.3, -0.25) is 0 Å². The first kappa shape index (κ1) is 22.8. The van der Waals surface area contributed by atoms with Crippen molar-refractivity contribution < 1.29 is 52.1 Å². The number of alkyl halides is 9. The van der Waals surface area contributed by atoms with Crippen LogP contribution in [0, 0.1) is 0 Å². The van der Waals surface area contributed by atoms with Gasteiger partial charge in [0.15, 0.2) is 0 Å². The summed E-state index contributed by atoms with van der Waals surface area (Å²) >= 11 is 0. The van der Waals surface area contributed by atoms with Crippen molar-refractivity contribution in [2.24, 2.45) is 0 Å². The second-order valence-corrected chi connectivity index (χ2v) is 7.17. The minimum absolute atomic E-state index is 0.180. The van der Waals surface area contributed by atoms with E-state index < -0.39 is 39.1 Å². The third-order valence-corrected chi connectivity index (χ3v) is 4.78. The van der Waals surface area contributed by atoms with Gasteiger partial charge in [-0.25, -0.2) is 4.98 Å². The molecule has 0 unspecified atom stereocenters. The summed E-state index contributed by atoms with van der Waals surface area (Å²) in [7, 11) is -6.96. The number of imidazole rings is 1. The fourth-order valence-electron chi connectivity index (χ4n) is 1.94. The maximum atomic E-state index is 13.6. The Hall–Kier alpha value is -2.45. The summed E-state index contributed by atoms with van der Waals surface area (Å²) in [5.74, 6) is -15.7. The van der Waals surface area contributed by atoms with Gasteiger partial charge >= 0.3 is 33.4 Å². The molecule has 0 amide bonds. The van der Waals surface area contributed by atoms with Crippen molar-refractivity contribution in [2.45, 2.75) is 29.8 Å². The van der Waals surface area contributed by atoms with E-state index in [-0.39, 0.29) is 6.54 Å². The maximum absolute atomic E-state index is 13.6. The first-order chi connectivity index (χ1) is 13.0. The van der Waals surface area contributed by atoms with E-state index in [1.165, 1.54) is 12.5 Å². The maximum Gasteiger partial charge on any atom is 0.460 e. The SMILES string of the molecule is O=S(=O)(Oc1ccc(Cn2ccnc2)cc1)C(F)(F)C(F)(F)C(F)(F)C(F)(F)F. The van der Waals surface area contributed by atoms with Gasteiger partial charge in [0.2, 0.25) is 0 Å². The van der Waals surface area contributed by atoms with E-state index in [0.717, 1.165) is 24.3 Å². The standard InChI is InChI=1S/C14H9F9N2O3S/c15-11(16,13(19,20)21)12(17,18)14(22,23)29(26,27)28-10-3-1-9(2-4-10)7-25-6-5-24-8-25/h1-6,8H,7H2. The van der Waals surface area contributed by atoms with Crippen LogP contribution < -0.4 is 4.18 Å². The summed E-state index contributed by atoms with van der Waals surface area (Å²) in [5.41, 5.74) is 0.438. The summed E-state index contributed by atoms with van der Waals surface area (Å²) in [6.07, 6.45) is -2.77. The number of rotatable bonds is 7. The van der Waals surface area contributed by atoms with Crippen LogP contribution in [0.15, 0.2) is 43.0 Å². The summed E-state index contributed by atoms with van der Waals surface area (Å²) in [5, 5.41) is -6.91. The van der Waals surface area contributed by atoms with E-state index in [9.17, 15) is 47.9 Å². The molecular formula is C14H9F9N2O3S. The molecule has 5 nitrogen and oxygen atoms in total. The lowest BCUT2D eigenvalue weighted by atomic mass is 10.1. The largest absolute Gasteiger partial charge is 0.460 e. The highest BCUT2D eigenvalue weighted by molar-refractivity contribution is 7.88. The lowest BCUT2D eigenvalue weighted by molar-refractivity contribution is -0.382. The Morgan fingerprint density at radius 1 is 0.897 bits per heavy atom. The normalized spacial score (nSPS) is 14.1. The molecule has 29 heavy (non-hydrogen) atoms. The molecule has 0 radical (unpaired) electrons. The van der Waals surface area contributed by atoms with Crippen LogP contribution >= 0.6 is 0 Å². The molecular weight excluding hydrogens is 447 g/mol. The molecule has 0 aliphatic rings. The minimum Gasteiger partial charge on any atom is -0.378 e. The molecule has 0 atom stereocenters. The zero-order valence-electron chi connectivity index (χ0n) is 13.7. The van der Waals surface area contributed by atoms with Gasteiger partial charge in [0, 0.05) is 18.9 Å². The Labute approximate surface area is 156 Å². The summed E-state index contributed by atoms with van der Waals surface area (Å²) < 4.78 is 144. The van der Waals surface area contributed by atoms with E-state index in [0.29, 0.717) is 5.56 Å². The van der Waals surface area contributed by atoms with Crippen molar-refractivity contribution in [2.75, 3.05) is 0 Å². The molecule has 15 heteroatoms. The number of nitrogens with zero attached hydrogens (tertiary/aromatic N) is 2. The van der Waals surface area contributed by atoms with E-state index in [1.807, 2.05) is 0 Å². The number of benzene rings is 1. The molecule has 0 saturated carbocycles. The third-order valence-electron chi connectivity index (χ3n) is 3.48. The predicted molar refractivity (Wildman–Crippen MR) is 78.2 cm³/mol. The van der Waals surface area contributed by atoms with Crippen molar-refractivity contribution >= 4 is 10.1 Å². The molecule has 0 aliphatic heterocycles. The molecule has 1 aromatic heterocycles. The summed E-state index contributed by atoms with van der Waals surface area (Å²) in [6, 6.07) is 3.68. The molecule has 0 aliphatic carbocycles. The lowest BCUT2D eigenvalue weighted by Gasteiger charge is -2.32. The molecule has 2 rings (SSSR count). The summed E-state index contributed by atoms with van der Waals surface area (Å²) in [6.45, 7) is 0.180. The zero-order valence-corrected chi connectivity index (χ0v) is 14.5. The lowest BCUT2D eigenvalue weighted by Crippen LogP contribution is -2.63. The van der Waals surface area contributed by atoms with Crippen LogP contribution in [0.3, 0.4) is 0 Å². The molecule has 0 N–H and O–H groups in total. The second-order valence-electron chi connectivity index (χ2n) is 5.58. The number of halogens is 9. The molecule has 0 saturated heterocycles. The van der Waals surface area contributed by atoms with E-state index in [1.54, 1.807) is 10.8 Å². The van der Waals surface area contributed by atoms with Crippen LogP contribution in [0.1, 0.15) is 5.56 Å². The highest BCUT2D eigenvalue weighted by atomic mass is 32.2. The van der Waals surface area contributed by atoms with Crippen LogP contribution in [0.25, 0.3) is 0 Å². The molecule has 0 bridgehead atoms. The Bertz CT molecular complexity index is 940. The van der Waals surface area contributed by atoms with Crippen LogP contribution in [-0.4, -0.2) is 41.2 Å². The van der Waals surface area contributed by atoms with Gasteiger partial charge in [-0.15, -0.1) is 0 Å². The molecule has 2 aromatic rings. The molecule has 0 fully saturated rings. The fraction of sp³-hybridized carbons (Fsp3) is 0.357. The van der Waals surface area contributed by atoms with Gasteiger partial charge in [-0.1, -0.05) is 12.1 Å². The van der Waals surface area contributed by atoms with Crippen molar-refractivity contribution in [3.05, 3.63) is 48.5 Å². The van der Waals surface area contributed by atoms with Gasteiger partial charge in [-0.05, 0) is 17.7 Å². The van der Waals surface area contributed by atoms with Crippen LogP contribution in [0.4, 0.5) is 39.5 Å². The monoisotopic (exact) mass is 456 g/mol. The van der Waals surface area contributed by atoms with Gasteiger partial charge in [0.25, 0.3) is 0 Å². The smallest absolute Gasteiger partial charge is 0.378 e. The number of hydrogen-bond donors (Lipinski definition) is 0. The zero-order chi connectivity index (χ0) is 22.3. The predicted octanol–water partition coefficient (Wildman–Crippen LogP) is 4.07. The molecule has 1 heterocycles. The van der Waals surface area contributed by atoms with Crippen molar-refractivity contribution in [1.29, 1.82) is 0 Å².